The number of benzene rings is 3. The predicted molar refractivity (Wildman–Crippen MR) is 137 cm³/mol. The van der Waals surface area contributed by atoms with Crippen LogP contribution < -0.4 is 15.9 Å². The van der Waals surface area contributed by atoms with Gasteiger partial charge in [0.05, 0.1) is 10.8 Å². The number of hydrogen-bond donors (Lipinski definition) is 0. The van der Waals surface area contributed by atoms with Crippen molar-refractivity contribution in [1.29, 1.82) is 0 Å². The smallest absolute Gasteiger partial charge is 0 e. The van der Waals surface area contributed by atoms with Crippen molar-refractivity contribution in [2.24, 2.45) is 0 Å². The number of hydrogen-bond acceptors (Lipinski definition) is 0. The zero-order valence-corrected chi connectivity index (χ0v) is 25.3. The molecule has 6 radical (unpaired) electrons. The van der Waals surface area contributed by atoms with Gasteiger partial charge in [-0.1, -0.05) is 102 Å². The van der Waals surface area contributed by atoms with Crippen LogP contribution in [0.4, 0.5) is 0 Å². The molecular formula is C26H15AuCl4MnO3P. The second-order valence-electron chi connectivity index (χ2n) is 5.72. The van der Waals surface area contributed by atoms with Crippen LogP contribution in [0, 0.1) is 47.9 Å². The minimum atomic E-state index is -0.446. The van der Waals surface area contributed by atoms with E-state index in [1.165, 1.54) is 15.9 Å². The molecule has 0 aromatic heterocycles. The van der Waals surface area contributed by atoms with E-state index >= 15 is 0 Å². The molecule has 36 heavy (non-hydrogen) atoms. The largest absolute Gasteiger partial charge is 0.0622 e. The fourth-order valence-electron chi connectivity index (χ4n) is 2.58. The normalized spacial score (nSPS) is 12.8. The second-order valence-corrected chi connectivity index (χ2v) is 9.45. The molecule has 10 heteroatoms. The van der Waals surface area contributed by atoms with E-state index in [2.05, 4.69) is 117 Å². The van der Waals surface area contributed by atoms with E-state index in [9.17, 15) is 0 Å². The van der Waals surface area contributed by atoms with Gasteiger partial charge in [0.15, 0.2) is 0 Å². The monoisotopic (exact) mass is 798 g/mol. The molecule has 1 fully saturated rings. The SMILES string of the molecule is Cl[C]1[C-][C](Cl)[C](Cl)[C]1Cl.[Au+].[C-]#[O+].[C-]#[O+].[C-]#[O+].[Mn].c1ccc(P(c2ccccc2)c2ccccc2)cc1. The van der Waals surface area contributed by atoms with Crippen LogP contribution in [-0.4, -0.2) is 0 Å². The van der Waals surface area contributed by atoms with E-state index < -0.39 is 7.92 Å². The maximum atomic E-state index is 7.50. The molecule has 0 unspecified atom stereocenters. The average molecular weight is 800 g/mol. The average Bonchev–Trinajstić information content (AvgIpc) is 3.15. The van der Waals surface area contributed by atoms with Crippen LogP contribution in [0.25, 0.3) is 0 Å². The van der Waals surface area contributed by atoms with Crippen molar-refractivity contribution >= 4 is 70.2 Å². The second kappa shape index (κ2) is 25.0. The van der Waals surface area contributed by atoms with Crippen LogP contribution in [0.5, 0.6) is 0 Å². The first-order chi connectivity index (χ1) is 16.6. The van der Waals surface area contributed by atoms with E-state index in [1.807, 2.05) is 0 Å². The van der Waals surface area contributed by atoms with E-state index in [1.54, 1.807) is 0 Å². The third-order valence-corrected chi connectivity index (χ3v) is 7.90. The summed E-state index contributed by atoms with van der Waals surface area (Å²) in [7, 11) is -0.446. The van der Waals surface area contributed by atoms with E-state index in [-0.39, 0.29) is 61.0 Å². The first-order valence-corrected chi connectivity index (χ1v) is 11.9. The minimum absolute atomic E-state index is 0. The Bertz CT molecular complexity index is 862. The van der Waals surface area contributed by atoms with Gasteiger partial charge in [0, 0.05) is 17.1 Å². The first-order valence-electron chi connectivity index (χ1n) is 9.02. The molecule has 0 heterocycles. The molecule has 0 spiro atoms. The van der Waals surface area contributed by atoms with Crippen LogP contribution >= 0.6 is 54.3 Å². The summed E-state index contributed by atoms with van der Waals surface area (Å²) in [5.41, 5.74) is 0. The molecule has 3 aromatic carbocycles. The summed E-state index contributed by atoms with van der Waals surface area (Å²) >= 11 is 22.0. The van der Waals surface area contributed by atoms with Crippen LogP contribution in [-0.2, 0) is 53.4 Å². The van der Waals surface area contributed by atoms with Gasteiger partial charge in [-0.15, -0.1) is 23.2 Å². The summed E-state index contributed by atoms with van der Waals surface area (Å²) in [6.07, 6.45) is 2.54. The molecule has 0 N–H and O–H groups in total. The number of halogens is 4. The Kier molecular flexibility index (Phi) is 28.0. The Morgan fingerprint density at radius 3 is 0.889 bits per heavy atom. The van der Waals surface area contributed by atoms with Crippen LogP contribution in [0.1, 0.15) is 0 Å². The summed E-state index contributed by atoms with van der Waals surface area (Å²) in [4.78, 5) is 0. The van der Waals surface area contributed by atoms with Gasteiger partial charge in [-0.05, 0) is 23.8 Å². The Morgan fingerprint density at radius 1 is 0.500 bits per heavy atom. The van der Waals surface area contributed by atoms with Gasteiger partial charge in [0.25, 0.3) is 0 Å². The molecule has 3 nitrogen and oxygen atoms in total. The van der Waals surface area contributed by atoms with E-state index in [0.29, 0.717) is 0 Å². The maximum absolute atomic E-state index is 7.50. The molecule has 0 atom stereocenters. The zero-order chi connectivity index (χ0) is 25.9. The van der Waals surface area contributed by atoms with Gasteiger partial charge in [-0.2, -0.15) is 23.2 Å². The van der Waals surface area contributed by atoms with Gasteiger partial charge in [0.2, 0.25) is 0 Å². The maximum Gasteiger partial charge on any atom is 0 e. The molecule has 1 aliphatic carbocycles. The molecule has 0 amide bonds. The molecule has 1 aliphatic rings. The van der Waals surface area contributed by atoms with E-state index in [0.717, 1.165) is 0 Å². The van der Waals surface area contributed by atoms with Gasteiger partial charge in [0.1, 0.15) is 0 Å². The topological polar surface area (TPSA) is 59.7 Å². The molecule has 4 rings (SSSR count). The van der Waals surface area contributed by atoms with Crippen LogP contribution in [0.3, 0.4) is 0 Å². The Balaban J connectivity index is -0.000000547. The molecule has 1 saturated carbocycles. The van der Waals surface area contributed by atoms with Gasteiger partial charge < -0.3 is 6.42 Å². The molecule has 0 aliphatic heterocycles. The van der Waals surface area contributed by atoms with Gasteiger partial charge in [-0.25, -0.2) is 0 Å². The quantitative estimate of drug-likeness (QED) is 0.126. The molecule has 0 saturated heterocycles. The van der Waals surface area contributed by atoms with Crippen LogP contribution in [0.15, 0.2) is 91.0 Å². The minimum Gasteiger partial charge on any atom is -0.0622 e. The fourth-order valence-corrected chi connectivity index (χ4v) is 5.69. The van der Waals surface area contributed by atoms with Gasteiger partial charge >= 0.3 is 56.3 Å². The summed E-state index contributed by atoms with van der Waals surface area (Å²) in [6.45, 7) is 13.5. The fraction of sp³-hybridized carbons (Fsp3) is 0. The van der Waals surface area contributed by atoms with Crippen molar-refractivity contribution in [3.63, 3.8) is 0 Å². The third kappa shape index (κ3) is 13.5. The Morgan fingerprint density at radius 2 is 0.722 bits per heavy atom. The summed E-state index contributed by atoms with van der Waals surface area (Å²) in [5.74, 6) is 0. The standard InChI is InChI=1S/C18H15P.C5Cl4.3CO.Au.Mn/c1-4-10-16(11-5-1)19(17-12-6-2-7-13-17)18-14-8-3-9-15-18;6-2-1-3(7)5(9)4(2)8;3*1-2;;/h1-15H;;;;;;/q;-1;;;;+1;. The van der Waals surface area contributed by atoms with Gasteiger partial charge in [-0.3, -0.25) is 0 Å². The van der Waals surface area contributed by atoms with Crippen molar-refractivity contribution in [3.8, 4) is 0 Å². The van der Waals surface area contributed by atoms with Crippen LogP contribution in [0.2, 0.25) is 0 Å². The molecule has 188 valence electrons. The summed E-state index contributed by atoms with van der Waals surface area (Å²) < 4.78 is 22.5. The summed E-state index contributed by atoms with van der Waals surface area (Å²) in [6, 6.07) is 32.3. The number of rotatable bonds is 3. The first kappa shape index (κ1) is 40.2. The Hall–Kier alpha value is -0.270. The van der Waals surface area contributed by atoms with Crippen molar-refractivity contribution in [3.05, 3.63) is 139 Å². The zero-order valence-electron chi connectivity index (χ0n) is 18.0. The predicted octanol–water partition coefficient (Wildman–Crippen LogP) is 6.49. The van der Waals surface area contributed by atoms with Crippen molar-refractivity contribution < 1.29 is 53.4 Å². The summed E-state index contributed by atoms with van der Waals surface area (Å²) in [5, 5.41) is 5.27. The third-order valence-electron chi connectivity index (χ3n) is 3.84. The Labute approximate surface area is 260 Å². The van der Waals surface area contributed by atoms with Crippen molar-refractivity contribution in [2.45, 2.75) is 0 Å². The molecule has 3 aromatic rings. The molecular weight excluding hydrogens is 785 g/mol. The van der Waals surface area contributed by atoms with Crippen molar-refractivity contribution in [1.82, 2.24) is 0 Å². The van der Waals surface area contributed by atoms with Crippen molar-refractivity contribution in [2.75, 3.05) is 0 Å². The van der Waals surface area contributed by atoms with E-state index in [4.69, 9.17) is 60.4 Å². The molecule has 0 bridgehead atoms.